The van der Waals surface area contributed by atoms with Gasteiger partial charge in [-0.2, -0.15) is 0 Å². The fourth-order valence-corrected chi connectivity index (χ4v) is 1.07. The summed E-state index contributed by atoms with van der Waals surface area (Å²) in [6.45, 7) is 4.17. The molecule has 0 saturated heterocycles. The first-order valence-electron chi connectivity index (χ1n) is 4.94. The highest BCUT2D eigenvalue weighted by atomic mass is 32.2. The minimum Gasteiger partial charge on any atom is -0.480 e. The Hall–Kier alpha value is -1.31. The average Bonchev–Trinajstić information content (AvgIpc) is 2.12. The van der Waals surface area contributed by atoms with Gasteiger partial charge in [0.1, 0.15) is 6.04 Å². The van der Waals surface area contributed by atoms with Crippen molar-refractivity contribution in [3.63, 3.8) is 0 Å². The Morgan fingerprint density at radius 2 is 1.82 bits per heavy atom. The molecule has 0 radical (unpaired) electrons. The van der Waals surface area contributed by atoms with Crippen molar-refractivity contribution in [3.8, 4) is 0 Å². The molecule has 0 aromatic rings. The van der Waals surface area contributed by atoms with Gasteiger partial charge in [0.2, 0.25) is 0 Å². The van der Waals surface area contributed by atoms with E-state index in [2.05, 4.69) is 10.6 Å². The van der Waals surface area contributed by atoms with Crippen LogP contribution in [0.15, 0.2) is 0 Å². The lowest BCUT2D eigenvalue weighted by Gasteiger charge is -2.23. The van der Waals surface area contributed by atoms with Crippen LogP contribution in [0, 0.1) is 0 Å². The van der Waals surface area contributed by atoms with Crippen LogP contribution in [0.5, 0.6) is 0 Å². The molecule has 8 heteroatoms. The van der Waals surface area contributed by atoms with Crippen molar-refractivity contribution in [1.29, 1.82) is 0 Å². The third kappa shape index (κ3) is 5.03. The highest BCUT2D eigenvalue weighted by Crippen LogP contribution is 2.13. The number of amides is 2. The van der Waals surface area contributed by atoms with E-state index in [1.54, 1.807) is 0 Å². The van der Waals surface area contributed by atoms with Crippen molar-refractivity contribution in [3.05, 3.63) is 0 Å². The standard InChI is InChI=1S/C9H18N2O5S/c1-6(7(12)13)11-8(14)10-5-9(2,3)17(4,15)16/h6H,5H2,1-4H3,(H,12,13)(H2,10,11,14). The zero-order valence-electron chi connectivity index (χ0n) is 10.3. The highest BCUT2D eigenvalue weighted by Gasteiger charge is 2.30. The molecule has 0 saturated carbocycles. The maximum absolute atomic E-state index is 11.3. The number of carbonyl (C=O) groups excluding carboxylic acids is 1. The van der Waals surface area contributed by atoms with Gasteiger partial charge in [0.05, 0.1) is 4.75 Å². The van der Waals surface area contributed by atoms with Gasteiger partial charge in [-0.3, -0.25) is 4.79 Å². The van der Waals surface area contributed by atoms with E-state index in [9.17, 15) is 18.0 Å². The molecular weight excluding hydrogens is 248 g/mol. The summed E-state index contributed by atoms with van der Waals surface area (Å²) in [7, 11) is -3.30. The van der Waals surface area contributed by atoms with Crippen LogP contribution in [0.3, 0.4) is 0 Å². The monoisotopic (exact) mass is 266 g/mol. The molecule has 0 heterocycles. The van der Waals surface area contributed by atoms with Crippen LogP contribution in [0.4, 0.5) is 4.79 Å². The van der Waals surface area contributed by atoms with E-state index in [0.29, 0.717) is 0 Å². The van der Waals surface area contributed by atoms with Gasteiger partial charge in [-0.1, -0.05) is 0 Å². The largest absolute Gasteiger partial charge is 0.480 e. The van der Waals surface area contributed by atoms with E-state index < -0.39 is 32.6 Å². The van der Waals surface area contributed by atoms with Gasteiger partial charge in [0.15, 0.2) is 9.84 Å². The number of carbonyl (C=O) groups is 2. The maximum Gasteiger partial charge on any atom is 0.325 e. The molecule has 1 atom stereocenters. The third-order valence-corrected chi connectivity index (χ3v) is 4.55. The Bertz CT molecular complexity index is 402. The van der Waals surface area contributed by atoms with Crippen LogP contribution in [0.1, 0.15) is 20.8 Å². The Kier molecular flexibility index (Phi) is 4.94. The van der Waals surface area contributed by atoms with Crippen LogP contribution in [0.25, 0.3) is 0 Å². The summed E-state index contributed by atoms with van der Waals surface area (Å²) >= 11 is 0. The normalized spacial score (nSPS) is 13.9. The Labute approximate surface area is 101 Å². The molecule has 0 bridgehead atoms. The number of urea groups is 1. The smallest absolute Gasteiger partial charge is 0.325 e. The third-order valence-electron chi connectivity index (χ3n) is 2.40. The molecule has 0 aromatic carbocycles. The minimum absolute atomic E-state index is 0.0932. The lowest BCUT2D eigenvalue weighted by atomic mass is 10.2. The fourth-order valence-electron chi connectivity index (χ4n) is 0.734. The predicted octanol–water partition coefficient (Wildman–Crippen LogP) is -0.418. The van der Waals surface area contributed by atoms with Crippen molar-refractivity contribution < 1.29 is 23.1 Å². The van der Waals surface area contributed by atoms with E-state index in [4.69, 9.17) is 5.11 Å². The summed E-state index contributed by atoms with van der Waals surface area (Å²) in [5.74, 6) is -1.16. The molecule has 0 aliphatic rings. The zero-order valence-corrected chi connectivity index (χ0v) is 11.1. The molecule has 0 aromatic heterocycles. The van der Waals surface area contributed by atoms with Crippen molar-refractivity contribution in [1.82, 2.24) is 10.6 Å². The second-order valence-corrected chi connectivity index (χ2v) is 7.07. The number of nitrogens with one attached hydrogen (secondary N) is 2. The number of rotatable bonds is 5. The number of sulfone groups is 1. The quantitative estimate of drug-likeness (QED) is 0.625. The van der Waals surface area contributed by atoms with Crippen LogP contribution >= 0.6 is 0 Å². The highest BCUT2D eigenvalue weighted by molar-refractivity contribution is 7.92. The summed E-state index contributed by atoms with van der Waals surface area (Å²) in [6, 6.07) is -1.74. The van der Waals surface area contributed by atoms with Gasteiger partial charge in [0, 0.05) is 12.8 Å². The SMILES string of the molecule is CC(NC(=O)NCC(C)(C)S(C)(=O)=O)C(=O)O. The summed E-state index contributed by atoms with van der Waals surface area (Å²) in [6.07, 6.45) is 1.08. The van der Waals surface area contributed by atoms with Crippen molar-refractivity contribution in [2.24, 2.45) is 0 Å². The summed E-state index contributed by atoms with van der Waals surface area (Å²) in [5, 5.41) is 13.0. The Morgan fingerprint density at radius 3 is 2.18 bits per heavy atom. The van der Waals surface area contributed by atoms with E-state index >= 15 is 0 Å². The lowest BCUT2D eigenvalue weighted by Crippen LogP contribution is -2.50. The van der Waals surface area contributed by atoms with Gasteiger partial charge < -0.3 is 15.7 Å². The van der Waals surface area contributed by atoms with Crippen LogP contribution in [-0.4, -0.2) is 49.1 Å². The topological polar surface area (TPSA) is 113 Å². The van der Waals surface area contributed by atoms with Gasteiger partial charge in [-0.15, -0.1) is 0 Å². The van der Waals surface area contributed by atoms with E-state index in [0.717, 1.165) is 6.26 Å². The molecule has 17 heavy (non-hydrogen) atoms. The Balaban J connectivity index is 4.32. The molecule has 100 valence electrons. The predicted molar refractivity (Wildman–Crippen MR) is 62.6 cm³/mol. The maximum atomic E-state index is 11.3. The molecule has 0 spiro atoms. The molecule has 0 aliphatic carbocycles. The second kappa shape index (κ2) is 5.35. The molecule has 0 fully saturated rings. The number of aliphatic carboxylic acids is 1. The van der Waals surface area contributed by atoms with Gasteiger partial charge in [0.25, 0.3) is 0 Å². The first kappa shape index (κ1) is 15.7. The van der Waals surface area contributed by atoms with E-state index in [-0.39, 0.29) is 6.54 Å². The summed E-state index contributed by atoms with van der Waals surface area (Å²) < 4.78 is 21.6. The average molecular weight is 266 g/mol. The first-order chi connectivity index (χ1) is 7.47. The first-order valence-corrected chi connectivity index (χ1v) is 6.83. The molecule has 0 aliphatic heterocycles. The number of hydrogen-bond acceptors (Lipinski definition) is 4. The number of hydrogen-bond donors (Lipinski definition) is 3. The summed E-state index contributed by atoms with van der Waals surface area (Å²) in [4.78, 5) is 21.7. The van der Waals surface area contributed by atoms with Gasteiger partial charge >= 0.3 is 12.0 Å². The molecule has 7 nitrogen and oxygen atoms in total. The number of carboxylic acids is 1. The van der Waals surface area contributed by atoms with Crippen molar-refractivity contribution >= 4 is 21.8 Å². The van der Waals surface area contributed by atoms with Crippen molar-refractivity contribution in [2.45, 2.75) is 31.6 Å². The van der Waals surface area contributed by atoms with Crippen LogP contribution < -0.4 is 10.6 Å². The molecule has 3 N–H and O–H groups in total. The second-order valence-electron chi connectivity index (χ2n) is 4.42. The van der Waals surface area contributed by atoms with E-state index in [1.807, 2.05) is 0 Å². The van der Waals surface area contributed by atoms with Gasteiger partial charge in [-0.05, 0) is 20.8 Å². The molecular formula is C9H18N2O5S. The van der Waals surface area contributed by atoms with Gasteiger partial charge in [-0.25, -0.2) is 13.2 Å². The molecule has 0 rings (SSSR count). The van der Waals surface area contributed by atoms with Crippen LogP contribution in [-0.2, 0) is 14.6 Å². The number of carboxylic acid groups (broad SMARTS) is 1. The van der Waals surface area contributed by atoms with Crippen LogP contribution in [0.2, 0.25) is 0 Å². The molecule has 2 amide bonds. The van der Waals surface area contributed by atoms with Crippen molar-refractivity contribution in [2.75, 3.05) is 12.8 Å². The molecule has 1 unspecified atom stereocenters. The fraction of sp³-hybridized carbons (Fsp3) is 0.778. The summed E-state index contributed by atoms with van der Waals surface area (Å²) in [5.41, 5.74) is 0. The zero-order chi connectivity index (χ0) is 13.9. The Morgan fingerprint density at radius 1 is 1.35 bits per heavy atom. The van der Waals surface area contributed by atoms with E-state index in [1.165, 1.54) is 20.8 Å². The lowest BCUT2D eigenvalue weighted by molar-refractivity contribution is -0.138. The minimum atomic E-state index is -3.30.